The number of fused-ring (bicyclic) bond motifs is 1. The van der Waals surface area contributed by atoms with Crippen LogP contribution in [0.1, 0.15) is 32.1 Å². The summed E-state index contributed by atoms with van der Waals surface area (Å²) < 4.78 is 10.5. The van der Waals surface area contributed by atoms with E-state index < -0.39 is 0 Å². The van der Waals surface area contributed by atoms with E-state index in [1.807, 2.05) is 4.90 Å². The summed E-state index contributed by atoms with van der Waals surface area (Å²) in [5.41, 5.74) is 0. The maximum absolute atomic E-state index is 12.6. The summed E-state index contributed by atoms with van der Waals surface area (Å²) in [5, 5.41) is 5.88. The minimum absolute atomic E-state index is 0.00414. The standard InChI is InChI=1S/C16H29N3O4/c1-22-10-3-7-18-16(21)19-9-4-11-23-12-8-17-15(20)13-5-2-6-14(13)19/h13-14H,2-12H2,1H3,(H,17,20)(H,18,21)/t13-,14+/m1/s1. The number of hydrogen-bond donors (Lipinski definition) is 2. The van der Waals surface area contributed by atoms with Crippen molar-refractivity contribution in [3.8, 4) is 0 Å². The lowest BCUT2D eigenvalue weighted by molar-refractivity contribution is -0.126. The molecule has 1 aliphatic heterocycles. The van der Waals surface area contributed by atoms with Gasteiger partial charge in [0.2, 0.25) is 5.91 Å². The quantitative estimate of drug-likeness (QED) is 0.747. The lowest BCUT2D eigenvalue weighted by Gasteiger charge is -2.32. The first-order valence-electron chi connectivity index (χ1n) is 8.63. The van der Waals surface area contributed by atoms with Crippen LogP contribution in [0.15, 0.2) is 0 Å². The maximum Gasteiger partial charge on any atom is 0.317 e. The van der Waals surface area contributed by atoms with Crippen molar-refractivity contribution in [1.29, 1.82) is 0 Å². The fraction of sp³-hybridized carbons (Fsp3) is 0.875. The SMILES string of the molecule is COCCCNC(=O)N1CCCOCCNC(=O)[C@@H]2CCC[C@@H]21. The molecule has 7 nitrogen and oxygen atoms in total. The maximum atomic E-state index is 12.6. The van der Waals surface area contributed by atoms with Gasteiger partial charge in [-0.25, -0.2) is 4.79 Å². The number of nitrogens with one attached hydrogen (secondary N) is 2. The average molecular weight is 327 g/mol. The van der Waals surface area contributed by atoms with Crippen LogP contribution in [-0.4, -0.2) is 69.4 Å². The van der Waals surface area contributed by atoms with Gasteiger partial charge in [-0.2, -0.15) is 0 Å². The molecular weight excluding hydrogens is 298 g/mol. The normalized spacial score (nSPS) is 26.1. The number of hydrogen-bond acceptors (Lipinski definition) is 4. The summed E-state index contributed by atoms with van der Waals surface area (Å²) in [6.45, 7) is 3.54. The van der Waals surface area contributed by atoms with Crippen molar-refractivity contribution in [2.75, 3.05) is 46.6 Å². The number of carbonyl (C=O) groups is 2. The monoisotopic (exact) mass is 327 g/mol. The molecule has 1 saturated heterocycles. The number of methoxy groups -OCH3 is 1. The molecule has 0 aromatic heterocycles. The minimum Gasteiger partial charge on any atom is -0.385 e. The topological polar surface area (TPSA) is 79.9 Å². The van der Waals surface area contributed by atoms with Gasteiger partial charge in [0.05, 0.1) is 12.5 Å². The fourth-order valence-electron chi connectivity index (χ4n) is 3.37. The van der Waals surface area contributed by atoms with Gasteiger partial charge in [0.25, 0.3) is 0 Å². The number of rotatable bonds is 4. The van der Waals surface area contributed by atoms with Crippen molar-refractivity contribution in [2.45, 2.75) is 38.1 Å². The first kappa shape index (κ1) is 18.0. The van der Waals surface area contributed by atoms with Gasteiger partial charge in [-0.15, -0.1) is 0 Å². The molecule has 0 aromatic carbocycles. The third-order valence-corrected chi connectivity index (χ3v) is 4.51. The van der Waals surface area contributed by atoms with Gasteiger partial charge in [0.15, 0.2) is 0 Å². The molecule has 2 rings (SSSR count). The number of amides is 3. The molecule has 0 bridgehead atoms. The predicted molar refractivity (Wildman–Crippen MR) is 86.2 cm³/mol. The van der Waals surface area contributed by atoms with Crippen molar-refractivity contribution < 1.29 is 19.1 Å². The summed E-state index contributed by atoms with van der Waals surface area (Å²) >= 11 is 0. The van der Waals surface area contributed by atoms with E-state index in [-0.39, 0.29) is 23.9 Å². The molecule has 23 heavy (non-hydrogen) atoms. The molecule has 0 spiro atoms. The first-order chi connectivity index (χ1) is 11.2. The van der Waals surface area contributed by atoms with Gasteiger partial charge in [-0.05, 0) is 25.7 Å². The van der Waals surface area contributed by atoms with Gasteiger partial charge in [-0.3, -0.25) is 4.79 Å². The van der Waals surface area contributed by atoms with E-state index in [9.17, 15) is 9.59 Å². The molecule has 2 aliphatic rings. The zero-order chi connectivity index (χ0) is 16.5. The van der Waals surface area contributed by atoms with Crippen molar-refractivity contribution in [2.24, 2.45) is 5.92 Å². The molecule has 2 atom stereocenters. The van der Waals surface area contributed by atoms with Gasteiger partial charge >= 0.3 is 6.03 Å². The van der Waals surface area contributed by atoms with Crippen molar-refractivity contribution >= 4 is 11.9 Å². The summed E-state index contributed by atoms with van der Waals surface area (Å²) in [6.07, 6.45) is 4.32. The van der Waals surface area contributed by atoms with Gasteiger partial charge < -0.3 is 25.0 Å². The Labute approximate surface area is 138 Å². The van der Waals surface area contributed by atoms with Crippen LogP contribution < -0.4 is 10.6 Å². The second kappa shape index (κ2) is 9.72. The largest absolute Gasteiger partial charge is 0.385 e. The minimum atomic E-state index is -0.0992. The molecule has 1 aliphatic carbocycles. The summed E-state index contributed by atoms with van der Waals surface area (Å²) in [5.74, 6) is -0.0481. The Morgan fingerprint density at radius 3 is 3.09 bits per heavy atom. The Kier molecular flexibility index (Phi) is 7.61. The van der Waals surface area contributed by atoms with Gasteiger partial charge in [0, 0.05) is 46.0 Å². The van der Waals surface area contributed by atoms with Crippen molar-refractivity contribution in [1.82, 2.24) is 15.5 Å². The van der Waals surface area contributed by atoms with Crippen molar-refractivity contribution in [3.05, 3.63) is 0 Å². The Morgan fingerprint density at radius 2 is 2.26 bits per heavy atom. The molecule has 1 heterocycles. The van der Waals surface area contributed by atoms with Crippen LogP contribution in [0.4, 0.5) is 4.79 Å². The lowest BCUT2D eigenvalue weighted by Crippen LogP contribution is -2.51. The van der Waals surface area contributed by atoms with Crippen LogP contribution in [-0.2, 0) is 14.3 Å². The van der Waals surface area contributed by atoms with Crippen LogP contribution in [0.25, 0.3) is 0 Å². The zero-order valence-electron chi connectivity index (χ0n) is 14.0. The molecule has 3 amide bonds. The zero-order valence-corrected chi connectivity index (χ0v) is 14.0. The highest BCUT2D eigenvalue weighted by molar-refractivity contribution is 5.81. The summed E-state index contributed by atoms with van der Waals surface area (Å²) in [4.78, 5) is 26.8. The first-order valence-corrected chi connectivity index (χ1v) is 8.63. The fourth-order valence-corrected chi connectivity index (χ4v) is 3.37. The third kappa shape index (κ3) is 5.35. The molecule has 2 fully saturated rings. The van der Waals surface area contributed by atoms with E-state index in [0.29, 0.717) is 39.5 Å². The molecule has 2 N–H and O–H groups in total. The lowest BCUT2D eigenvalue weighted by atomic mass is 10.0. The second-order valence-electron chi connectivity index (χ2n) is 6.13. The van der Waals surface area contributed by atoms with Crippen LogP contribution in [0.5, 0.6) is 0 Å². The van der Waals surface area contributed by atoms with E-state index in [4.69, 9.17) is 9.47 Å². The van der Waals surface area contributed by atoms with E-state index in [1.165, 1.54) is 0 Å². The smallest absolute Gasteiger partial charge is 0.317 e. The predicted octanol–water partition coefficient (Wildman–Crippen LogP) is 0.740. The average Bonchev–Trinajstić information content (AvgIpc) is 3.01. The highest BCUT2D eigenvalue weighted by Crippen LogP contribution is 2.30. The molecule has 1 saturated carbocycles. The van der Waals surface area contributed by atoms with Crippen LogP contribution in [0.2, 0.25) is 0 Å². The third-order valence-electron chi connectivity index (χ3n) is 4.51. The highest BCUT2D eigenvalue weighted by Gasteiger charge is 2.38. The number of carbonyl (C=O) groups excluding carboxylic acids is 2. The molecule has 0 unspecified atom stereocenters. The van der Waals surface area contributed by atoms with E-state index in [1.54, 1.807) is 7.11 Å². The molecule has 7 heteroatoms. The van der Waals surface area contributed by atoms with Crippen LogP contribution in [0.3, 0.4) is 0 Å². The van der Waals surface area contributed by atoms with Crippen LogP contribution in [0, 0.1) is 5.92 Å². The Hall–Kier alpha value is -1.34. The van der Waals surface area contributed by atoms with Crippen molar-refractivity contribution in [3.63, 3.8) is 0 Å². The van der Waals surface area contributed by atoms with Crippen LogP contribution >= 0.6 is 0 Å². The van der Waals surface area contributed by atoms with Gasteiger partial charge in [-0.1, -0.05) is 6.42 Å². The van der Waals surface area contributed by atoms with E-state index in [0.717, 1.165) is 32.1 Å². The van der Waals surface area contributed by atoms with E-state index >= 15 is 0 Å². The molecule has 0 radical (unpaired) electrons. The number of urea groups is 1. The number of ether oxygens (including phenoxy) is 2. The summed E-state index contributed by atoms with van der Waals surface area (Å²) in [6, 6.07) is -0.0828. The van der Waals surface area contributed by atoms with Gasteiger partial charge in [0.1, 0.15) is 0 Å². The van der Waals surface area contributed by atoms with E-state index in [2.05, 4.69) is 10.6 Å². The highest BCUT2D eigenvalue weighted by atomic mass is 16.5. The number of nitrogens with zero attached hydrogens (tertiary/aromatic N) is 1. The Balaban J connectivity index is 1.99. The Morgan fingerprint density at radius 1 is 1.39 bits per heavy atom. The molecule has 0 aromatic rings. The summed E-state index contributed by atoms with van der Waals surface area (Å²) in [7, 11) is 1.65. The molecular formula is C16H29N3O4. The Bertz CT molecular complexity index is 392. The molecule has 132 valence electrons. The second-order valence-corrected chi connectivity index (χ2v) is 6.13.